The molecular weight excluding hydrogens is 389 g/mol. The minimum atomic E-state index is -1.14. The minimum Gasteiger partial charge on any atom is -0.477 e. The van der Waals surface area contributed by atoms with Gasteiger partial charge in [-0.05, 0) is 48.5 Å². The van der Waals surface area contributed by atoms with Crippen LogP contribution in [0, 0.1) is 5.82 Å². The number of carboxylic acid groups (broad SMARTS) is 1. The summed E-state index contributed by atoms with van der Waals surface area (Å²) < 4.78 is 20.9. The zero-order valence-corrected chi connectivity index (χ0v) is 15.4. The molecule has 0 saturated carbocycles. The highest BCUT2D eigenvalue weighted by molar-refractivity contribution is 6.12. The quantitative estimate of drug-likeness (QED) is 0.462. The van der Waals surface area contributed by atoms with E-state index in [4.69, 9.17) is 4.74 Å². The predicted molar refractivity (Wildman–Crippen MR) is 107 cm³/mol. The van der Waals surface area contributed by atoms with E-state index in [1.807, 2.05) is 0 Å². The molecule has 3 heterocycles. The van der Waals surface area contributed by atoms with E-state index in [1.54, 1.807) is 41.3 Å². The summed E-state index contributed by atoms with van der Waals surface area (Å²) in [6.07, 6.45) is 2.97. The monoisotopic (exact) mass is 403 g/mol. The van der Waals surface area contributed by atoms with E-state index in [9.17, 15) is 14.3 Å². The first-order valence-corrected chi connectivity index (χ1v) is 8.99. The molecule has 2 aromatic carbocycles. The number of carboxylic acids is 1. The number of nitrogens with one attached hydrogen (secondary N) is 1. The van der Waals surface area contributed by atoms with Crippen LogP contribution in [0.25, 0.3) is 33.1 Å². The van der Waals surface area contributed by atoms with Crippen LogP contribution in [0.15, 0.2) is 61.2 Å². The Morgan fingerprint density at radius 1 is 1.13 bits per heavy atom. The number of benzene rings is 2. The molecule has 0 unspecified atom stereocenters. The highest BCUT2D eigenvalue weighted by Gasteiger charge is 2.17. The second-order valence-corrected chi connectivity index (χ2v) is 6.63. The van der Waals surface area contributed by atoms with Crippen molar-refractivity contribution in [2.24, 2.45) is 0 Å². The van der Waals surface area contributed by atoms with Crippen LogP contribution < -0.4 is 4.74 Å². The Kier molecular flexibility index (Phi) is 4.13. The van der Waals surface area contributed by atoms with Gasteiger partial charge in [0.25, 0.3) is 0 Å². The van der Waals surface area contributed by atoms with Crippen molar-refractivity contribution in [3.8, 4) is 17.0 Å². The van der Waals surface area contributed by atoms with E-state index in [0.29, 0.717) is 33.4 Å². The minimum absolute atomic E-state index is 0.0887. The summed E-state index contributed by atoms with van der Waals surface area (Å²) >= 11 is 0. The van der Waals surface area contributed by atoms with Gasteiger partial charge in [0.05, 0.1) is 11.2 Å². The number of hydrogen-bond acceptors (Lipinski definition) is 5. The van der Waals surface area contributed by atoms with Gasteiger partial charge in [0.15, 0.2) is 6.73 Å². The Balaban J connectivity index is 1.58. The molecule has 0 spiro atoms. The van der Waals surface area contributed by atoms with Crippen LogP contribution in [0.4, 0.5) is 4.39 Å². The number of aromatic amines is 1. The lowest BCUT2D eigenvalue weighted by atomic mass is 10.1. The molecule has 30 heavy (non-hydrogen) atoms. The number of carbonyl (C=O) groups is 1. The fraction of sp³-hybridized carbons (Fsp3) is 0.0476. The Morgan fingerprint density at radius 2 is 1.97 bits per heavy atom. The third-order valence-corrected chi connectivity index (χ3v) is 4.73. The van der Waals surface area contributed by atoms with Gasteiger partial charge in [0.2, 0.25) is 0 Å². The van der Waals surface area contributed by atoms with E-state index in [2.05, 4.69) is 20.1 Å². The third-order valence-electron chi connectivity index (χ3n) is 4.73. The smallest absolute Gasteiger partial charge is 0.354 e. The number of aromatic carboxylic acids is 1. The molecule has 2 N–H and O–H groups in total. The lowest BCUT2D eigenvalue weighted by molar-refractivity contribution is 0.0691. The summed E-state index contributed by atoms with van der Waals surface area (Å²) in [5.41, 5.74) is 2.28. The van der Waals surface area contributed by atoms with E-state index >= 15 is 0 Å². The van der Waals surface area contributed by atoms with Crippen LogP contribution in [-0.2, 0) is 6.73 Å². The molecular formula is C21H14FN5O3. The molecule has 5 aromatic rings. The van der Waals surface area contributed by atoms with Crippen LogP contribution in [-0.4, -0.2) is 35.8 Å². The number of hydrogen-bond donors (Lipinski definition) is 2. The van der Waals surface area contributed by atoms with Crippen molar-refractivity contribution in [3.05, 3.63) is 72.7 Å². The molecule has 9 heteroatoms. The SMILES string of the molecule is O=C(O)c1cc2c([nH]c3cc(F)ccc32)c(-c2ccc(OCn3cncn3)cc2)n1. The van der Waals surface area contributed by atoms with E-state index in [1.165, 1.54) is 24.5 Å². The van der Waals surface area contributed by atoms with Crippen LogP contribution in [0.2, 0.25) is 0 Å². The summed E-state index contributed by atoms with van der Waals surface area (Å²) in [5, 5.41) is 14.9. The number of halogens is 1. The van der Waals surface area contributed by atoms with E-state index in [-0.39, 0.29) is 18.2 Å². The first kappa shape index (κ1) is 17.8. The van der Waals surface area contributed by atoms with Crippen molar-refractivity contribution in [1.82, 2.24) is 24.7 Å². The molecule has 0 saturated heterocycles. The summed E-state index contributed by atoms with van der Waals surface area (Å²) in [6.45, 7) is 0.212. The van der Waals surface area contributed by atoms with E-state index in [0.717, 1.165) is 5.39 Å². The lowest BCUT2D eigenvalue weighted by Crippen LogP contribution is -2.05. The summed E-state index contributed by atoms with van der Waals surface area (Å²) in [5.74, 6) is -0.906. The number of H-pyrrole nitrogens is 1. The molecule has 0 bridgehead atoms. The van der Waals surface area contributed by atoms with Crippen molar-refractivity contribution >= 4 is 27.8 Å². The zero-order valence-electron chi connectivity index (χ0n) is 15.4. The molecule has 0 radical (unpaired) electrons. The number of fused-ring (bicyclic) bond motifs is 3. The van der Waals surface area contributed by atoms with Gasteiger partial charge in [-0.3, -0.25) is 0 Å². The van der Waals surface area contributed by atoms with Gasteiger partial charge in [-0.15, -0.1) is 0 Å². The fourth-order valence-corrected chi connectivity index (χ4v) is 3.34. The topological polar surface area (TPSA) is 106 Å². The van der Waals surface area contributed by atoms with Gasteiger partial charge >= 0.3 is 5.97 Å². The van der Waals surface area contributed by atoms with Crippen LogP contribution in [0.3, 0.4) is 0 Å². The first-order chi connectivity index (χ1) is 14.6. The predicted octanol–water partition coefficient (Wildman–Crippen LogP) is 3.85. The van der Waals surface area contributed by atoms with Crippen molar-refractivity contribution in [2.45, 2.75) is 6.73 Å². The van der Waals surface area contributed by atoms with Crippen LogP contribution in [0.5, 0.6) is 5.75 Å². The average molecular weight is 403 g/mol. The van der Waals surface area contributed by atoms with Gasteiger partial charge in [-0.25, -0.2) is 23.8 Å². The number of pyridine rings is 1. The first-order valence-electron chi connectivity index (χ1n) is 8.99. The number of ether oxygens (including phenoxy) is 1. The maximum absolute atomic E-state index is 13.7. The Morgan fingerprint density at radius 3 is 2.70 bits per heavy atom. The highest BCUT2D eigenvalue weighted by atomic mass is 19.1. The molecule has 0 amide bonds. The summed E-state index contributed by atoms with van der Waals surface area (Å²) in [7, 11) is 0. The average Bonchev–Trinajstić information content (AvgIpc) is 3.39. The lowest BCUT2D eigenvalue weighted by Gasteiger charge is -2.08. The molecule has 0 fully saturated rings. The molecule has 0 atom stereocenters. The van der Waals surface area contributed by atoms with Crippen LogP contribution in [0.1, 0.15) is 10.5 Å². The maximum atomic E-state index is 13.7. The van der Waals surface area contributed by atoms with Gasteiger partial charge in [0.1, 0.15) is 29.9 Å². The molecule has 0 aliphatic rings. The van der Waals surface area contributed by atoms with Gasteiger partial charge < -0.3 is 14.8 Å². The zero-order chi connectivity index (χ0) is 20.7. The van der Waals surface area contributed by atoms with Crippen molar-refractivity contribution in [2.75, 3.05) is 0 Å². The van der Waals surface area contributed by atoms with Gasteiger partial charge in [-0.2, -0.15) is 5.10 Å². The molecule has 148 valence electrons. The maximum Gasteiger partial charge on any atom is 0.354 e. The summed E-state index contributed by atoms with van der Waals surface area (Å²) in [4.78, 5) is 23.0. The molecule has 3 aromatic heterocycles. The number of aromatic nitrogens is 5. The largest absolute Gasteiger partial charge is 0.477 e. The Bertz CT molecular complexity index is 1380. The third kappa shape index (κ3) is 3.12. The normalized spacial score (nSPS) is 11.2. The second-order valence-electron chi connectivity index (χ2n) is 6.63. The molecule has 0 aliphatic heterocycles. The fourth-order valence-electron chi connectivity index (χ4n) is 3.34. The molecule has 5 rings (SSSR count). The van der Waals surface area contributed by atoms with Crippen LogP contribution >= 0.6 is 0 Å². The van der Waals surface area contributed by atoms with E-state index < -0.39 is 5.97 Å². The van der Waals surface area contributed by atoms with Crippen molar-refractivity contribution < 1.29 is 19.0 Å². The number of rotatable bonds is 5. The Labute approximate surface area is 168 Å². The highest BCUT2D eigenvalue weighted by Crippen LogP contribution is 2.33. The van der Waals surface area contributed by atoms with Gasteiger partial charge in [-0.1, -0.05) is 0 Å². The number of nitrogens with zero attached hydrogens (tertiary/aromatic N) is 4. The molecule has 8 nitrogen and oxygen atoms in total. The van der Waals surface area contributed by atoms with Crippen molar-refractivity contribution in [3.63, 3.8) is 0 Å². The standard InChI is InChI=1S/C21H14FN5O3/c22-13-3-6-15-16-8-18(21(28)29)26-19(20(16)25-17(15)7-13)12-1-4-14(5-2-12)30-11-27-10-23-9-24-27/h1-10,25H,11H2,(H,28,29). The second kappa shape index (κ2) is 6.96. The Hall–Kier alpha value is -4.27. The van der Waals surface area contributed by atoms with Gasteiger partial charge in [0, 0.05) is 21.9 Å². The summed E-state index contributed by atoms with van der Waals surface area (Å²) in [6, 6.07) is 12.9. The van der Waals surface area contributed by atoms with Crippen molar-refractivity contribution in [1.29, 1.82) is 0 Å². The molecule has 0 aliphatic carbocycles.